The van der Waals surface area contributed by atoms with Crippen LogP contribution in [0.25, 0.3) is 0 Å². The molecule has 1 fully saturated rings. The maximum atomic E-state index is 13.5. The number of hydrogen-bond acceptors (Lipinski definition) is 2. The van der Waals surface area contributed by atoms with Crippen LogP contribution >= 0.6 is 23.2 Å². The first-order valence-corrected chi connectivity index (χ1v) is 13.2. The lowest BCUT2D eigenvalue weighted by atomic mass is 10.00. The van der Waals surface area contributed by atoms with E-state index in [0.29, 0.717) is 40.8 Å². The number of benzene rings is 2. The van der Waals surface area contributed by atoms with Crippen LogP contribution in [0.2, 0.25) is 10.0 Å². The fraction of sp³-hybridized carbons (Fsp3) is 0.500. The predicted molar refractivity (Wildman–Crippen MR) is 140 cm³/mol. The molecule has 4 nitrogen and oxygen atoms in total. The first-order valence-electron chi connectivity index (χ1n) is 12.4. The van der Waals surface area contributed by atoms with Gasteiger partial charge in [-0.15, -0.1) is 0 Å². The second-order valence-electron chi connectivity index (χ2n) is 9.53. The molecule has 1 aliphatic carbocycles. The van der Waals surface area contributed by atoms with E-state index in [9.17, 15) is 9.59 Å². The Hall–Kier alpha value is -2.04. The summed E-state index contributed by atoms with van der Waals surface area (Å²) >= 11 is 12.9. The molecule has 0 saturated heterocycles. The van der Waals surface area contributed by atoms with Gasteiger partial charge in [0.05, 0.1) is 0 Å². The van der Waals surface area contributed by atoms with Crippen molar-refractivity contribution < 1.29 is 9.59 Å². The standard InChI is InChI=1S/C28H36Cl2N2O2/c1-4-26(28(34)31-22-8-5-6-9-22)32(18-23-24(29)10-7-11-25(23)30)27(33)17-14-20-12-15-21(16-13-20)19(2)3/h7,10-13,15-16,19,22,26H,4-6,8-9,14,17-18H2,1-3H3,(H,31,34)/t26-/m0/s1. The predicted octanol–water partition coefficient (Wildman–Crippen LogP) is 6.92. The summed E-state index contributed by atoms with van der Waals surface area (Å²) in [6.45, 7) is 6.48. The SMILES string of the molecule is CC[C@@H](C(=O)NC1CCCC1)N(Cc1c(Cl)cccc1Cl)C(=O)CCc1ccc(C(C)C)cc1. The highest BCUT2D eigenvalue weighted by Gasteiger charge is 2.31. The average Bonchev–Trinajstić information content (AvgIpc) is 3.32. The van der Waals surface area contributed by atoms with Crippen LogP contribution in [0.5, 0.6) is 0 Å². The number of hydrogen-bond donors (Lipinski definition) is 1. The van der Waals surface area contributed by atoms with Crippen LogP contribution in [-0.4, -0.2) is 28.8 Å². The summed E-state index contributed by atoms with van der Waals surface area (Å²) in [7, 11) is 0. The zero-order valence-corrected chi connectivity index (χ0v) is 22.0. The molecule has 184 valence electrons. The van der Waals surface area contributed by atoms with Crippen LogP contribution in [0.3, 0.4) is 0 Å². The lowest BCUT2D eigenvalue weighted by Crippen LogP contribution is -2.51. The van der Waals surface area contributed by atoms with Gasteiger partial charge in [0.1, 0.15) is 6.04 Å². The van der Waals surface area contributed by atoms with Crippen molar-refractivity contribution in [1.29, 1.82) is 0 Å². The molecule has 1 aliphatic rings. The lowest BCUT2D eigenvalue weighted by Gasteiger charge is -2.32. The second kappa shape index (κ2) is 12.6. The van der Waals surface area contributed by atoms with E-state index in [0.717, 1.165) is 31.2 Å². The van der Waals surface area contributed by atoms with Crippen LogP contribution in [0.1, 0.15) is 81.9 Å². The van der Waals surface area contributed by atoms with Gasteiger partial charge in [0.15, 0.2) is 0 Å². The molecule has 0 unspecified atom stereocenters. The highest BCUT2D eigenvalue weighted by molar-refractivity contribution is 6.36. The molecule has 2 aromatic rings. The van der Waals surface area contributed by atoms with Gasteiger partial charge in [0.2, 0.25) is 11.8 Å². The van der Waals surface area contributed by atoms with Crippen LogP contribution in [0.15, 0.2) is 42.5 Å². The molecule has 0 radical (unpaired) electrons. The summed E-state index contributed by atoms with van der Waals surface area (Å²) in [5, 5.41) is 4.17. The van der Waals surface area contributed by atoms with Gasteiger partial charge in [0.25, 0.3) is 0 Å². The van der Waals surface area contributed by atoms with E-state index in [1.807, 2.05) is 6.92 Å². The number of nitrogens with one attached hydrogen (secondary N) is 1. The molecule has 0 aliphatic heterocycles. The fourth-order valence-corrected chi connectivity index (χ4v) is 5.12. The van der Waals surface area contributed by atoms with Gasteiger partial charge >= 0.3 is 0 Å². The van der Waals surface area contributed by atoms with Gasteiger partial charge in [-0.05, 0) is 54.9 Å². The number of nitrogens with zero attached hydrogens (tertiary/aromatic N) is 1. The van der Waals surface area contributed by atoms with E-state index in [1.165, 1.54) is 5.56 Å². The van der Waals surface area contributed by atoms with E-state index in [2.05, 4.69) is 43.4 Å². The minimum absolute atomic E-state index is 0.0719. The van der Waals surface area contributed by atoms with Crippen molar-refractivity contribution in [3.63, 3.8) is 0 Å². The molecule has 1 N–H and O–H groups in total. The molecule has 2 aromatic carbocycles. The summed E-state index contributed by atoms with van der Waals surface area (Å²) < 4.78 is 0. The van der Waals surface area contributed by atoms with Crippen molar-refractivity contribution in [1.82, 2.24) is 10.2 Å². The van der Waals surface area contributed by atoms with Crippen molar-refractivity contribution in [3.8, 4) is 0 Å². The second-order valence-corrected chi connectivity index (χ2v) is 10.3. The minimum Gasteiger partial charge on any atom is -0.352 e. The highest BCUT2D eigenvalue weighted by atomic mass is 35.5. The third kappa shape index (κ3) is 6.99. The quantitative estimate of drug-likeness (QED) is 0.383. The Labute approximate surface area is 214 Å². The van der Waals surface area contributed by atoms with Crippen molar-refractivity contribution in [3.05, 3.63) is 69.2 Å². The van der Waals surface area contributed by atoms with Crippen molar-refractivity contribution in [2.24, 2.45) is 0 Å². The Balaban J connectivity index is 1.78. The molecule has 0 heterocycles. The summed E-state index contributed by atoms with van der Waals surface area (Å²) in [5.74, 6) is 0.305. The number of halogens is 2. The molecular formula is C28H36Cl2N2O2. The molecular weight excluding hydrogens is 467 g/mol. The third-order valence-electron chi connectivity index (χ3n) is 6.75. The minimum atomic E-state index is -0.566. The number of carbonyl (C=O) groups is 2. The Bertz CT molecular complexity index is 949. The van der Waals surface area contributed by atoms with E-state index < -0.39 is 6.04 Å². The lowest BCUT2D eigenvalue weighted by molar-refractivity contribution is -0.141. The molecule has 0 bridgehead atoms. The Kier molecular flexibility index (Phi) is 9.85. The fourth-order valence-electron chi connectivity index (χ4n) is 4.60. The number of carbonyl (C=O) groups excluding carboxylic acids is 2. The molecule has 0 aromatic heterocycles. The Morgan fingerprint density at radius 3 is 2.21 bits per heavy atom. The summed E-state index contributed by atoms with van der Waals surface area (Å²) in [5.41, 5.74) is 3.06. The van der Waals surface area contributed by atoms with E-state index in [1.54, 1.807) is 23.1 Å². The van der Waals surface area contributed by atoms with Gasteiger partial charge < -0.3 is 10.2 Å². The van der Waals surface area contributed by atoms with Gasteiger partial charge in [-0.2, -0.15) is 0 Å². The first-order chi connectivity index (χ1) is 16.3. The number of amides is 2. The zero-order chi connectivity index (χ0) is 24.7. The van der Waals surface area contributed by atoms with E-state index in [-0.39, 0.29) is 24.4 Å². The first kappa shape index (κ1) is 26.6. The van der Waals surface area contributed by atoms with Crippen LogP contribution in [0.4, 0.5) is 0 Å². The van der Waals surface area contributed by atoms with Crippen LogP contribution < -0.4 is 5.32 Å². The maximum Gasteiger partial charge on any atom is 0.243 e. The van der Waals surface area contributed by atoms with Crippen molar-refractivity contribution in [2.45, 2.75) is 90.3 Å². The Morgan fingerprint density at radius 1 is 1.03 bits per heavy atom. The average molecular weight is 504 g/mol. The summed E-state index contributed by atoms with van der Waals surface area (Å²) in [4.78, 5) is 28.4. The normalized spacial score (nSPS) is 14.9. The maximum absolute atomic E-state index is 13.5. The zero-order valence-electron chi connectivity index (χ0n) is 20.4. The van der Waals surface area contributed by atoms with Crippen molar-refractivity contribution >= 4 is 35.0 Å². The number of rotatable bonds is 10. The molecule has 2 amide bonds. The van der Waals surface area contributed by atoms with Gasteiger partial charge in [0, 0.05) is 34.6 Å². The Morgan fingerprint density at radius 2 is 1.65 bits per heavy atom. The molecule has 0 spiro atoms. The highest BCUT2D eigenvalue weighted by Crippen LogP contribution is 2.28. The number of aryl methyl sites for hydroxylation is 1. The largest absolute Gasteiger partial charge is 0.352 e. The van der Waals surface area contributed by atoms with Crippen molar-refractivity contribution in [2.75, 3.05) is 0 Å². The molecule has 1 saturated carbocycles. The summed E-state index contributed by atoms with van der Waals surface area (Å²) in [6.07, 6.45) is 5.72. The molecule has 34 heavy (non-hydrogen) atoms. The van der Waals surface area contributed by atoms with Crippen LogP contribution in [-0.2, 0) is 22.6 Å². The van der Waals surface area contributed by atoms with E-state index >= 15 is 0 Å². The topological polar surface area (TPSA) is 49.4 Å². The van der Waals surface area contributed by atoms with Gasteiger partial charge in [-0.25, -0.2) is 0 Å². The van der Waals surface area contributed by atoms with Gasteiger partial charge in [-0.3, -0.25) is 9.59 Å². The molecule has 6 heteroatoms. The van der Waals surface area contributed by atoms with Crippen LogP contribution in [0, 0.1) is 0 Å². The third-order valence-corrected chi connectivity index (χ3v) is 7.46. The smallest absolute Gasteiger partial charge is 0.243 e. The van der Waals surface area contributed by atoms with Gasteiger partial charge in [-0.1, -0.05) is 87.1 Å². The summed E-state index contributed by atoms with van der Waals surface area (Å²) in [6, 6.07) is 13.4. The molecule has 1 atom stereocenters. The monoisotopic (exact) mass is 502 g/mol. The van der Waals surface area contributed by atoms with E-state index in [4.69, 9.17) is 23.2 Å². The molecule has 3 rings (SSSR count).